The fourth-order valence-corrected chi connectivity index (χ4v) is 4.09. The number of aliphatic hydroxyl groups is 7. The third-order valence-corrected chi connectivity index (χ3v) is 6.28. The second kappa shape index (κ2) is 14.0. The van der Waals surface area contributed by atoms with E-state index in [0.717, 1.165) is 19.3 Å². The van der Waals surface area contributed by atoms with Crippen molar-refractivity contribution in [3.05, 3.63) is 0 Å². The van der Waals surface area contributed by atoms with Gasteiger partial charge in [0, 0.05) is 6.42 Å². The molecule has 34 heavy (non-hydrogen) atoms. The van der Waals surface area contributed by atoms with Crippen molar-refractivity contribution < 1.29 is 59.5 Å². The first-order chi connectivity index (χ1) is 16.2. The summed E-state index contributed by atoms with van der Waals surface area (Å²) < 4.78 is 21.3. The molecule has 0 aromatic carbocycles. The SMILES string of the molecule is CCCCCCCCCC(=O)OC[C@H]1O[C@H](O[C@@]2(CO)O[C@@H](CO)[C@H](O)[C@H]2O)[C@H](O)[C@@H](O)[C@@H]1O. The minimum absolute atomic E-state index is 0.190. The number of hydrogen-bond acceptors (Lipinski definition) is 12. The number of carbonyl (C=O) groups is 1. The van der Waals surface area contributed by atoms with E-state index in [-0.39, 0.29) is 6.42 Å². The summed E-state index contributed by atoms with van der Waals surface area (Å²) in [5.41, 5.74) is 0. The van der Waals surface area contributed by atoms with Crippen molar-refractivity contribution in [2.45, 2.75) is 113 Å². The summed E-state index contributed by atoms with van der Waals surface area (Å²) >= 11 is 0. The molecule has 2 aliphatic rings. The van der Waals surface area contributed by atoms with E-state index in [4.69, 9.17) is 18.9 Å². The van der Waals surface area contributed by atoms with Gasteiger partial charge in [0.15, 0.2) is 6.29 Å². The molecule has 0 unspecified atom stereocenters. The van der Waals surface area contributed by atoms with Gasteiger partial charge < -0.3 is 54.7 Å². The fourth-order valence-electron chi connectivity index (χ4n) is 4.09. The van der Waals surface area contributed by atoms with Crippen LogP contribution in [0.4, 0.5) is 0 Å². The van der Waals surface area contributed by atoms with E-state index in [2.05, 4.69) is 6.92 Å². The molecule has 0 saturated carbocycles. The van der Waals surface area contributed by atoms with Crippen LogP contribution >= 0.6 is 0 Å². The Kier molecular flexibility index (Phi) is 12.0. The Hall–Kier alpha value is -0.930. The summed E-state index contributed by atoms with van der Waals surface area (Å²) in [6, 6.07) is 0. The molecule has 2 heterocycles. The van der Waals surface area contributed by atoms with Gasteiger partial charge in [-0.05, 0) is 6.42 Å². The number of unbranched alkanes of at least 4 members (excludes halogenated alkanes) is 6. The van der Waals surface area contributed by atoms with E-state index >= 15 is 0 Å². The molecular formula is C22H40O12. The lowest BCUT2D eigenvalue weighted by atomic mass is 9.99. The maximum absolute atomic E-state index is 12.0. The van der Waals surface area contributed by atoms with E-state index < -0.39 is 80.6 Å². The molecule has 0 spiro atoms. The molecule has 2 rings (SSSR count). The molecular weight excluding hydrogens is 456 g/mol. The van der Waals surface area contributed by atoms with Crippen molar-refractivity contribution in [2.75, 3.05) is 19.8 Å². The third-order valence-electron chi connectivity index (χ3n) is 6.28. The second-order valence-electron chi connectivity index (χ2n) is 8.93. The Morgan fingerprint density at radius 1 is 0.853 bits per heavy atom. The maximum Gasteiger partial charge on any atom is 0.305 e. The predicted octanol–water partition coefficient (Wildman–Crippen LogP) is -1.70. The average Bonchev–Trinajstić information content (AvgIpc) is 3.08. The van der Waals surface area contributed by atoms with Crippen LogP contribution in [0.15, 0.2) is 0 Å². The Morgan fingerprint density at radius 2 is 1.50 bits per heavy atom. The van der Waals surface area contributed by atoms with E-state index in [1.165, 1.54) is 19.3 Å². The van der Waals surface area contributed by atoms with Crippen LogP contribution < -0.4 is 0 Å². The Labute approximate surface area is 199 Å². The summed E-state index contributed by atoms with van der Waals surface area (Å²) in [5.74, 6) is -2.77. The molecule has 0 aromatic heterocycles. The van der Waals surface area contributed by atoms with Crippen LogP contribution in [0, 0.1) is 0 Å². The molecule has 200 valence electrons. The standard InChI is InChI=1S/C22H40O12/c1-2-3-4-5-6-7-8-9-15(25)31-11-14-16(26)18(28)19(29)21(32-14)34-22(12-24)20(30)17(27)13(10-23)33-22/h13-14,16-21,23-24,26-30H,2-12H2,1H3/t13-,14+,16+,17-,18-,19+,20+,21+,22+/m0/s1. The normalized spacial score (nSPS) is 38.2. The van der Waals surface area contributed by atoms with Crippen LogP contribution in [0.5, 0.6) is 0 Å². The van der Waals surface area contributed by atoms with Crippen molar-refractivity contribution in [2.24, 2.45) is 0 Å². The highest BCUT2D eigenvalue weighted by atomic mass is 16.8. The van der Waals surface area contributed by atoms with E-state index in [1.54, 1.807) is 0 Å². The smallest absolute Gasteiger partial charge is 0.305 e. The molecule has 2 saturated heterocycles. The van der Waals surface area contributed by atoms with Gasteiger partial charge in [-0.15, -0.1) is 0 Å². The van der Waals surface area contributed by atoms with Gasteiger partial charge in [0.05, 0.1) is 6.61 Å². The van der Waals surface area contributed by atoms with Gasteiger partial charge in [0.2, 0.25) is 5.79 Å². The quantitative estimate of drug-likeness (QED) is 0.106. The fraction of sp³-hybridized carbons (Fsp3) is 0.955. The van der Waals surface area contributed by atoms with Crippen LogP contribution in [-0.2, 0) is 23.7 Å². The number of esters is 1. The van der Waals surface area contributed by atoms with Gasteiger partial charge in [-0.3, -0.25) is 4.79 Å². The minimum atomic E-state index is -2.27. The van der Waals surface area contributed by atoms with Gasteiger partial charge in [0.25, 0.3) is 0 Å². The van der Waals surface area contributed by atoms with E-state index in [9.17, 15) is 40.5 Å². The lowest BCUT2D eigenvalue weighted by molar-refractivity contribution is -0.383. The van der Waals surface area contributed by atoms with Crippen molar-refractivity contribution in [3.63, 3.8) is 0 Å². The van der Waals surface area contributed by atoms with Crippen LogP contribution in [0.25, 0.3) is 0 Å². The maximum atomic E-state index is 12.0. The number of ether oxygens (including phenoxy) is 4. The zero-order valence-electron chi connectivity index (χ0n) is 19.6. The molecule has 12 nitrogen and oxygen atoms in total. The molecule has 9 atom stereocenters. The lowest BCUT2D eigenvalue weighted by Gasteiger charge is -2.43. The van der Waals surface area contributed by atoms with Crippen LogP contribution in [0.1, 0.15) is 58.3 Å². The number of aliphatic hydroxyl groups excluding tert-OH is 7. The number of carbonyl (C=O) groups excluding carboxylic acids is 1. The van der Waals surface area contributed by atoms with Crippen LogP contribution in [0.2, 0.25) is 0 Å². The number of rotatable bonds is 14. The Bertz CT molecular complexity index is 606. The second-order valence-corrected chi connectivity index (χ2v) is 8.93. The van der Waals surface area contributed by atoms with Crippen LogP contribution in [0.3, 0.4) is 0 Å². The summed E-state index contributed by atoms with van der Waals surface area (Å²) in [6.07, 6.45) is -5.45. The van der Waals surface area contributed by atoms with Crippen molar-refractivity contribution in [3.8, 4) is 0 Å². The highest BCUT2D eigenvalue weighted by Gasteiger charge is 2.58. The molecule has 7 N–H and O–H groups in total. The molecule has 0 aromatic rings. The highest BCUT2D eigenvalue weighted by Crippen LogP contribution is 2.36. The highest BCUT2D eigenvalue weighted by molar-refractivity contribution is 5.69. The molecule has 0 amide bonds. The van der Waals surface area contributed by atoms with Crippen LogP contribution in [-0.4, -0.2) is 116 Å². The largest absolute Gasteiger partial charge is 0.463 e. The van der Waals surface area contributed by atoms with Gasteiger partial charge in [-0.25, -0.2) is 0 Å². The Morgan fingerprint density at radius 3 is 2.09 bits per heavy atom. The first-order valence-corrected chi connectivity index (χ1v) is 12.0. The van der Waals surface area contributed by atoms with Gasteiger partial charge in [-0.1, -0.05) is 45.4 Å². The van der Waals surface area contributed by atoms with E-state index in [0.29, 0.717) is 6.42 Å². The monoisotopic (exact) mass is 496 g/mol. The predicted molar refractivity (Wildman–Crippen MR) is 115 cm³/mol. The molecule has 2 fully saturated rings. The average molecular weight is 497 g/mol. The van der Waals surface area contributed by atoms with E-state index in [1.807, 2.05) is 0 Å². The van der Waals surface area contributed by atoms with Gasteiger partial charge >= 0.3 is 5.97 Å². The zero-order chi connectivity index (χ0) is 25.3. The van der Waals surface area contributed by atoms with Gasteiger partial charge in [0.1, 0.15) is 55.9 Å². The van der Waals surface area contributed by atoms with Gasteiger partial charge in [-0.2, -0.15) is 0 Å². The summed E-state index contributed by atoms with van der Waals surface area (Å²) in [6.45, 7) is 0.0448. The summed E-state index contributed by atoms with van der Waals surface area (Å²) in [7, 11) is 0. The third kappa shape index (κ3) is 7.29. The topological polar surface area (TPSA) is 196 Å². The molecule has 0 aliphatic carbocycles. The zero-order valence-corrected chi connectivity index (χ0v) is 19.6. The lowest BCUT2D eigenvalue weighted by Crippen LogP contribution is -2.62. The van der Waals surface area contributed by atoms with Crippen molar-refractivity contribution in [1.29, 1.82) is 0 Å². The molecule has 0 bridgehead atoms. The Balaban J connectivity index is 1.88. The minimum Gasteiger partial charge on any atom is -0.463 e. The molecule has 12 heteroatoms. The summed E-state index contributed by atoms with van der Waals surface area (Å²) in [4.78, 5) is 12.0. The van der Waals surface area contributed by atoms with Crippen molar-refractivity contribution >= 4 is 5.97 Å². The first-order valence-electron chi connectivity index (χ1n) is 12.0. The molecule has 0 radical (unpaired) electrons. The summed E-state index contributed by atoms with van der Waals surface area (Å²) in [5, 5.41) is 69.9. The molecule has 2 aliphatic heterocycles. The number of hydrogen-bond donors (Lipinski definition) is 7. The first kappa shape index (κ1) is 29.3. The van der Waals surface area contributed by atoms with Crippen molar-refractivity contribution in [1.82, 2.24) is 0 Å².